The second kappa shape index (κ2) is 10.1. The van der Waals surface area contributed by atoms with Crippen molar-refractivity contribution in [1.29, 1.82) is 0 Å². The lowest BCUT2D eigenvalue weighted by atomic mass is 9.98. The summed E-state index contributed by atoms with van der Waals surface area (Å²) in [4.78, 5) is 71.8. The molecule has 2 rings (SSSR count). The molecule has 1 saturated heterocycles. The zero-order valence-corrected chi connectivity index (χ0v) is 18.0. The van der Waals surface area contributed by atoms with Crippen LogP contribution in [0.1, 0.15) is 19.5 Å². The van der Waals surface area contributed by atoms with Gasteiger partial charge in [0.15, 0.2) is 17.5 Å². The Labute approximate surface area is 189 Å². The number of β-lactam (4-membered cyclic amide) rings is 1. The van der Waals surface area contributed by atoms with E-state index in [4.69, 9.17) is 31.4 Å². The van der Waals surface area contributed by atoms with Crippen molar-refractivity contribution in [2.75, 3.05) is 18.9 Å². The van der Waals surface area contributed by atoms with Crippen LogP contribution in [-0.2, 0) is 33.6 Å². The van der Waals surface area contributed by atoms with Crippen LogP contribution < -0.4 is 16.8 Å². The summed E-state index contributed by atoms with van der Waals surface area (Å²) in [5.74, 6) is -4.61. The van der Waals surface area contributed by atoms with Crippen molar-refractivity contribution in [2.45, 2.75) is 31.5 Å². The second-order valence-corrected chi connectivity index (χ2v) is 7.79. The number of carboxylic acids is 2. The number of aliphatic carboxylic acids is 2. The monoisotopic (exact) mass is 488 g/mol. The molecule has 2 heterocycles. The standard InChI is InChI=1S/C16H20N6O10S/c1-16(2,13(27)28)32-21-9(6-5-33-14(17)19-6)11(25)20-10-7(3-30-15(18)29)22(12(10)26)31-4-8(23)24/h5,7,10H,3-4H2,1-2H3,(H2,17,19)(H2,18,29)(H,20,25)(H,23,24)(H,27,28)/t7-,10-/m0/s1. The topological polar surface area (TPSA) is 246 Å². The van der Waals surface area contributed by atoms with E-state index in [2.05, 4.69) is 20.2 Å². The number of rotatable bonds is 11. The number of primary amides is 1. The average molecular weight is 488 g/mol. The molecular formula is C16H20N6O10S. The molecule has 1 aromatic rings. The van der Waals surface area contributed by atoms with Crippen LogP contribution in [0.3, 0.4) is 0 Å². The quantitative estimate of drug-likeness (QED) is 0.130. The van der Waals surface area contributed by atoms with Crippen LogP contribution in [0.15, 0.2) is 10.5 Å². The number of hydrogen-bond donors (Lipinski definition) is 5. The largest absolute Gasteiger partial charge is 0.479 e. The zero-order chi connectivity index (χ0) is 24.9. The van der Waals surface area contributed by atoms with Gasteiger partial charge in [-0.1, -0.05) is 5.16 Å². The minimum Gasteiger partial charge on any atom is -0.479 e. The lowest BCUT2D eigenvalue weighted by molar-refractivity contribution is -0.240. The van der Waals surface area contributed by atoms with Crippen LogP contribution in [-0.4, -0.2) is 86.7 Å². The number of nitrogens with zero attached hydrogens (tertiary/aromatic N) is 3. The predicted octanol–water partition coefficient (Wildman–Crippen LogP) is -1.88. The van der Waals surface area contributed by atoms with Gasteiger partial charge in [0.2, 0.25) is 5.60 Å². The number of oxime groups is 1. The van der Waals surface area contributed by atoms with Gasteiger partial charge in [-0.05, 0) is 13.8 Å². The molecule has 0 aromatic carbocycles. The van der Waals surface area contributed by atoms with Crippen LogP contribution in [0, 0.1) is 0 Å². The highest BCUT2D eigenvalue weighted by Crippen LogP contribution is 2.22. The van der Waals surface area contributed by atoms with Crippen molar-refractivity contribution >= 4 is 52.0 Å². The van der Waals surface area contributed by atoms with E-state index in [1.807, 2.05) is 0 Å². The van der Waals surface area contributed by atoms with Crippen molar-refractivity contribution in [3.05, 3.63) is 11.1 Å². The molecule has 7 N–H and O–H groups in total. The zero-order valence-electron chi connectivity index (χ0n) is 17.2. The summed E-state index contributed by atoms with van der Waals surface area (Å²) in [6.07, 6.45) is -1.18. The molecule has 3 amide bonds. The summed E-state index contributed by atoms with van der Waals surface area (Å²) in [5, 5.41) is 25.8. The first-order valence-corrected chi connectivity index (χ1v) is 9.83. The van der Waals surface area contributed by atoms with Gasteiger partial charge in [0.05, 0.1) is 0 Å². The molecule has 1 aromatic heterocycles. The maximum absolute atomic E-state index is 12.9. The summed E-state index contributed by atoms with van der Waals surface area (Å²) in [6, 6.07) is -2.45. The van der Waals surface area contributed by atoms with E-state index < -0.39 is 66.5 Å². The van der Waals surface area contributed by atoms with E-state index in [-0.39, 0.29) is 10.8 Å². The Morgan fingerprint density at radius 3 is 2.52 bits per heavy atom. The maximum atomic E-state index is 12.9. The average Bonchev–Trinajstić information content (AvgIpc) is 3.13. The van der Waals surface area contributed by atoms with Gasteiger partial charge in [0.25, 0.3) is 11.8 Å². The summed E-state index contributed by atoms with van der Waals surface area (Å²) in [6.45, 7) is 0.981. The van der Waals surface area contributed by atoms with Crippen molar-refractivity contribution in [1.82, 2.24) is 15.4 Å². The SMILES string of the molecule is CC(C)(ON=C(C(=O)N[C@@H]1C(=O)N(OCC(=O)O)[C@H]1COC(N)=O)c1csc(N)n1)C(=O)O. The number of carboxylic acid groups (broad SMARTS) is 2. The van der Waals surface area contributed by atoms with E-state index in [9.17, 15) is 24.0 Å². The van der Waals surface area contributed by atoms with Crippen LogP contribution >= 0.6 is 11.3 Å². The van der Waals surface area contributed by atoms with Gasteiger partial charge >= 0.3 is 18.0 Å². The molecule has 0 saturated carbocycles. The minimum absolute atomic E-state index is 0.0631. The second-order valence-electron chi connectivity index (χ2n) is 6.90. The highest BCUT2D eigenvalue weighted by Gasteiger charge is 2.51. The van der Waals surface area contributed by atoms with E-state index in [1.165, 1.54) is 19.2 Å². The number of nitrogens with two attached hydrogens (primary N) is 2. The van der Waals surface area contributed by atoms with Gasteiger partial charge in [0.1, 0.15) is 24.4 Å². The van der Waals surface area contributed by atoms with Gasteiger partial charge in [-0.25, -0.2) is 24.4 Å². The molecule has 17 heteroatoms. The Balaban J connectivity index is 2.24. The predicted molar refractivity (Wildman–Crippen MR) is 108 cm³/mol. The van der Waals surface area contributed by atoms with E-state index in [1.54, 1.807) is 0 Å². The van der Waals surface area contributed by atoms with Gasteiger partial charge in [-0.15, -0.1) is 11.3 Å². The van der Waals surface area contributed by atoms with Crippen LogP contribution in [0.5, 0.6) is 0 Å². The van der Waals surface area contributed by atoms with Crippen molar-refractivity contribution in [2.24, 2.45) is 10.9 Å². The smallest absolute Gasteiger partial charge is 0.404 e. The molecule has 0 aliphatic carbocycles. The molecule has 0 bridgehead atoms. The molecule has 0 unspecified atom stereocenters. The number of thiazole rings is 1. The first-order valence-electron chi connectivity index (χ1n) is 8.95. The van der Waals surface area contributed by atoms with Crippen LogP contribution in [0.25, 0.3) is 0 Å². The number of hydrogen-bond acceptors (Lipinski definition) is 12. The number of anilines is 1. The lowest BCUT2D eigenvalue weighted by Gasteiger charge is -2.44. The van der Waals surface area contributed by atoms with Crippen LogP contribution in [0.2, 0.25) is 0 Å². The number of nitrogen functional groups attached to an aromatic ring is 1. The first-order chi connectivity index (χ1) is 15.3. The lowest BCUT2D eigenvalue weighted by Crippen LogP contribution is -2.72. The number of aromatic nitrogens is 1. The third-order valence-electron chi connectivity index (χ3n) is 4.04. The molecule has 1 aliphatic heterocycles. The highest BCUT2D eigenvalue weighted by atomic mass is 32.1. The van der Waals surface area contributed by atoms with Crippen molar-refractivity contribution < 1.29 is 48.6 Å². The molecular weight excluding hydrogens is 468 g/mol. The third kappa shape index (κ3) is 6.26. The summed E-state index contributed by atoms with van der Waals surface area (Å²) in [5.41, 5.74) is 8.12. The number of ether oxygens (including phenoxy) is 1. The first kappa shape index (κ1) is 25.3. The summed E-state index contributed by atoms with van der Waals surface area (Å²) >= 11 is 0.962. The molecule has 16 nitrogen and oxygen atoms in total. The number of carbonyl (C=O) groups is 5. The fourth-order valence-corrected chi connectivity index (χ4v) is 2.85. The molecule has 33 heavy (non-hydrogen) atoms. The van der Waals surface area contributed by atoms with Gasteiger partial charge in [-0.2, -0.15) is 0 Å². The highest BCUT2D eigenvalue weighted by molar-refractivity contribution is 7.13. The summed E-state index contributed by atoms with van der Waals surface area (Å²) in [7, 11) is 0. The van der Waals surface area contributed by atoms with Crippen molar-refractivity contribution in [3.63, 3.8) is 0 Å². The van der Waals surface area contributed by atoms with Crippen molar-refractivity contribution in [3.8, 4) is 0 Å². The number of hydroxylamine groups is 2. The van der Waals surface area contributed by atoms with E-state index in [0.717, 1.165) is 11.3 Å². The minimum atomic E-state index is -1.81. The summed E-state index contributed by atoms with van der Waals surface area (Å²) < 4.78 is 4.63. The Bertz CT molecular complexity index is 992. The number of carbonyl (C=O) groups excluding carboxylic acids is 3. The number of nitrogens with one attached hydrogen (secondary N) is 1. The van der Waals surface area contributed by atoms with Gasteiger partial charge in [-0.3, -0.25) is 14.4 Å². The van der Waals surface area contributed by atoms with Gasteiger partial charge in [0, 0.05) is 5.38 Å². The molecule has 180 valence electrons. The molecule has 2 atom stereocenters. The van der Waals surface area contributed by atoms with E-state index >= 15 is 0 Å². The normalized spacial score (nSPS) is 18.3. The molecule has 0 radical (unpaired) electrons. The Morgan fingerprint density at radius 2 is 2.00 bits per heavy atom. The van der Waals surface area contributed by atoms with E-state index in [0.29, 0.717) is 5.06 Å². The van der Waals surface area contributed by atoms with Gasteiger partial charge < -0.3 is 36.6 Å². The number of amides is 3. The Kier molecular flexibility index (Phi) is 7.72. The Hall–Kier alpha value is -3.99. The van der Waals surface area contributed by atoms with Crippen LogP contribution in [0.4, 0.5) is 9.93 Å². The third-order valence-corrected chi connectivity index (χ3v) is 4.71. The molecule has 1 fully saturated rings. The molecule has 1 aliphatic rings. The fraction of sp³-hybridized carbons (Fsp3) is 0.438. The Morgan fingerprint density at radius 1 is 1.33 bits per heavy atom. The molecule has 0 spiro atoms. The maximum Gasteiger partial charge on any atom is 0.404 e. The fourth-order valence-electron chi connectivity index (χ4n) is 2.30.